The summed E-state index contributed by atoms with van der Waals surface area (Å²) >= 11 is 0. The van der Waals surface area contributed by atoms with Gasteiger partial charge in [0.2, 0.25) is 5.91 Å². The van der Waals surface area contributed by atoms with Gasteiger partial charge in [-0.2, -0.15) is 0 Å². The highest BCUT2D eigenvalue weighted by molar-refractivity contribution is 5.84. The second kappa shape index (κ2) is 5.15. The number of rotatable bonds is 4. The van der Waals surface area contributed by atoms with Crippen molar-refractivity contribution in [1.82, 2.24) is 10.2 Å². The van der Waals surface area contributed by atoms with Crippen molar-refractivity contribution in [2.24, 2.45) is 0 Å². The van der Waals surface area contributed by atoms with Crippen LogP contribution in [0.15, 0.2) is 0 Å². The van der Waals surface area contributed by atoms with E-state index in [0.717, 1.165) is 39.0 Å². The van der Waals surface area contributed by atoms with E-state index in [1.165, 1.54) is 0 Å². The minimum absolute atomic E-state index is 0.0360. The Hall–Kier alpha value is -0.610. The zero-order valence-electron chi connectivity index (χ0n) is 10.2. The van der Waals surface area contributed by atoms with Crippen molar-refractivity contribution in [2.75, 3.05) is 19.7 Å². The van der Waals surface area contributed by atoms with E-state index < -0.39 is 0 Å². The third-order valence-corrected chi connectivity index (χ3v) is 3.68. The van der Waals surface area contributed by atoms with Crippen LogP contribution in [-0.4, -0.2) is 48.7 Å². The standard InChI is InChI=1S/C12H22N2O2/c1-3-13-10-6-7-14(12(10)15)9(2)11-5-4-8-16-11/h9-11,13H,3-8H2,1-2H3. The van der Waals surface area contributed by atoms with E-state index in [-0.39, 0.29) is 24.1 Å². The molecule has 2 fully saturated rings. The molecular formula is C12H22N2O2. The van der Waals surface area contributed by atoms with Crippen LogP contribution in [-0.2, 0) is 9.53 Å². The first kappa shape index (κ1) is 11.9. The summed E-state index contributed by atoms with van der Waals surface area (Å²) in [6.45, 7) is 6.74. The monoisotopic (exact) mass is 226 g/mol. The van der Waals surface area contributed by atoms with Crippen LogP contribution in [0.4, 0.5) is 0 Å². The van der Waals surface area contributed by atoms with Gasteiger partial charge < -0.3 is 15.0 Å². The Labute approximate surface area is 97.3 Å². The van der Waals surface area contributed by atoms with Crippen LogP contribution in [0.5, 0.6) is 0 Å². The Kier molecular flexibility index (Phi) is 3.82. The molecule has 16 heavy (non-hydrogen) atoms. The maximum absolute atomic E-state index is 12.1. The quantitative estimate of drug-likeness (QED) is 0.769. The lowest BCUT2D eigenvalue weighted by Gasteiger charge is -2.29. The van der Waals surface area contributed by atoms with Crippen LogP contribution in [0, 0.1) is 0 Å². The molecule has 4 nitrogen and oxygen atoms in total. The Morgan fingerprint density at radius 3 is 3.00 bits per heavy atom. The zero-order chi connectivity index (χ0) is 11.5. The van der Waals surface area contributed by atoms with Gasteiger partial charge in [-0.15, -0.1) is 0 Å². The van der Waals surface area contributed by atoms with Gasteiger partial charge in [-0.1, -0.05) is 6.92 Å². The third kappa shape index (κ3) is 2.23. The Morgan fingerprint density at radius 2 is 2.38 bits per heavy atom. The minimum atomic E-state index is 0.0360. The van der Waals surface area contributed by atoms with E-state index in [1.807, 2.05) is 11.8 Å². The molecule has 0 aromatic carbocycles. The Morgan fingerprint density at radius 1 is 1.56 bits per heavy atom. The predicted octanol–water partition coefficient (Wildman–Crippen LogP) is 0.764. The molecule has 0 aliphatic carbocycles. The predicted molar refractivity (Wildman–Crippen MR) is 62.2 cm³/mol. The number of nitrogens with one attached hydrogen (secondary N) is 1. The number of likely N-dealkylation sites (tertiary alicyclic amines) is 1. The SMILES string of the molecule is CCNC1CCN(C(C)C2CCCO2)C1=O. The van der Waals surface area contributed by atoms with Crippen molar-refractivity contribution in [3.63, 3.8) is 0 Å². The van der Waals surface area contributed by atoms with Gasteiger partial charge in [-0.05, 0) is 32.7 Å². The number of hydrogen-bond acceptors (Lipinski definition) is 3. The van der Waals surface area contributed by atoms with E-state index >= 15 is 0 Å². The first-order valence-corrected chi connectivity index (χ1v) is 6.39. The molecule has 2 aliphatic heterocycles. The van der Waals surface area contributed by atoms with Crippen LogP contribution < -0.4 is 5.32 Å². The fraction of sp³-hybridized carbons (Fsp3) is 0.917. The molecule has 3 unspecified atom stereocenters. The zero-order valence-corrected chi connectivity index (χ0v) is 10.2. The molecule has 1 amide bonds. The topological polar surface area (TPSA) is 41.6 Å². The molecule has 2 aliphatic rings. The molecular weight excluding hydrogens is 204 g/mol. The minimum Gasteiger partial charge on any atom is -0.376 e. The molecule has 0 aromatic rings. The number of likely N-dealkylation sites (N-methyl/N-ethyl adjacent to an activating group) is 1. The first-order valence-electron chi connectivity index (χ1n) is 6.39. The van der Waals surface area contributed by atoms with Crippen LogP contribution in [0.1, 0.15) is 33.1 Å². The highest BCUT2D eigenvalue weighted by Crippen LogP contribution is 2.23. The molecule has 0 saturated carbocycles. The fourth-order valence-electron chi connectivity index (χ4n) is 2.73. The van der Waals surface area contributed by atoms with Crippen molar-refractivity contribution >= 4 is 5.91 Å². The summed E-state index contributed by atoms with van der Waals surface area (Å²) in [4.78, 5) is 14.1. The van der Waals surface area contributed by atoms with Crippen molar-refractivity contribution in [1.29, 1.82) is 0 Å². The van der Waals surface area contributed by atoms with E-state index in [1.54, 1.807) is 0 Å². The molecule has 0 aromatic heterocycles. The summed E-state index contributed by atoms with van der Waals surface area (Å²) in [5, 5.41) is 3.24. The summed E-state index contributed by atoms with van der Waals surface area (Å²) in [5.41, 5.74) is 0. The second-order valence-corrected chi connectivity index (χ2v) is 4.72. The van der Waals surface area contributed by atoms with Gasteiger partial charge >= 0.3 is 0 Å². The Balaban J connectivity index is 1.92. The molecule has 1 N–H and O–H groups in total. The van der Waals surface area contributed by atoms with Gasteiger partial charge in [0.05, 0.1) is 18.2 Å². The largest absolute Gasteiger partial charge is 0.376 e. The number of ether oxygens (including phenoxy) is 1. The fourth-order valence-corrected chi connectivity index (χ4v) is 2.73. The lowest BCUT2D eigenvalue weighted by Crippen LogP contribution is -2.46. The smallest absolute Gasteiger partial charge is 0.240 e. The molecule has 92 valence electrons. The maximum Gasteiger partial charge on any atom is 0.240 e. The number of nitrogens with zero attached hydrogens (tertiary/aromatic N) is 1. The summed E-state index contributed by atoms with van der Waals surface area (Å²) in [6.07, 6.45) is 3.41. The van der Waals surface area contributed by atoms with Crippen molar-refractivity contribution in [2.45, 2.75) is 51.3 Å². The van der Waals surface area contributed by atoms with E-state index in [2.05, 4.69) is 12.2 Å². The third-order valence-electron chi connectivity index (χ3n) is 3.68. The van der Waals surface area contributed by atoms with Gasteiger partial charge in [0.1, 0.15) is 0 Å². The van der Waals surface area contributed by atoms with Crippen molar-refractivity contribution in [3.8, 4) is 0 Å². The van der Waals surface area contributed by atoms with E-state index in [9.17, 15) is 4.79 Å². The number of amides is 1. The number of hydrogen-bond donors (Lipinski definition) is 1. The van der Waals surface area contributed by atoms with Crippen LogP contribution >= 0.6 is 0 Å². The van der Waals surface area contributed by atoms with Gasteiger partial charge in [0.15, 0.2) is 0 Å². The molecule has 3 atom stereocenters. The molecule has 0 bridgehead atoms. The van der Waals surface area contributed by atoms with Crippen LogP contribution in [0.25, 0.3) is 0 Å². The lowest BCUT2D eigenvalue weighted by molar-refractivity contribution is -0.133. The number of carbonyl (C=O) groups excluding carboxylic acids is 1. The molecule has 2 saturated heterocycles. The molecule has 2 heterocycles. The lowest BCUT2D eigenvalue weighted by atomic mass is 10.1. The summed E-state index contributed by atoms with van der Waals surface area (Å²) in [6, 6.07) is 0.271. The second-order valence-electron chi connectivity index (χ2n) is 4.72. The van der Waals surface area contributed by atoms with Crippen molar-refractivity contribution < 1.29 is 9.53 Å². The normalized spacial score (nSPS) is 32.4. The van der Waals surface area contributed by atoms with E-state index in [0.29, 0.717) is 0 Å². The van der Waals surface area contributed by atoms with Gasteiger partial charge in [0, 0.05) is 13.2 Å². The Bertz CT molecular complexity index is 251. The van der Waals surface area contributed by atoms with Gasteiger partial charge in [-0.3, -0.25) is 4.79 Å². The summed E-state index contributed by atoms with van der Waals surface area (Å²) < 4.78 is 5.66. The summed E-state index contributed by atoms with van der Waals surface area (Å²) in [5.74, 6) is 0.254. The van der Waals surface area contributed by atoms with Gasteiger partial charge in [0.25, 0.3) is 0 Å². The number of carbonyl (C=O) groups is 1. The molecule has 0 spiro atoms. The summed E-state index contributed by atoms with van der Waals surface area (Å²) in [7, 11) is 0. The highest BCUT2D eigenvalue weighted by Gasteiger charge is 2.37. The first-order chi connectivity index (χ1) is 7.74. The van der Waals surface area contributed by atoms with Crippen LogP contribution in [0.3, 0.4) is 0 Å². The average Bonchev–Trinajstić information content (AvgIpc) is 2.89. The molecule has 4 heteroatoms. The molecule has 0 radical (unpaired) electrons. The van der Waals surface area contributed by atoms with Crippen molar-refractivity contribution in [3.05, 3.63) is 0 Å². The highest BCUT2D eigenvalue weighted by atomic mass is 16.5. The molecule has 2 rings (SSSR count). The average molecular weight is 226 g/mol. The van der Waals surface area contributed by atoms with E-state index in [4.69, 9.17) is 4.74 Å². The van der Waals surface area contributed by atoms with Gasteiger partial charge in [-0.25, -0.2) is 0 Å². The maximum atomic E-state index is 12.1. The van der Waals surface area contributed by atoms with Crippen LogP contribution in [0.2, 0.25) is 0 Å².